The molecule has 0 unspecified atom stereocenters. The Hall–Kier alpha value is -2.20. The minimum Gasteiger partial charge on any atom is -0.484 e. The Balaban J connectivity index is 1.67. The number of hydrogen-bond donors (Lipinski definition) is 1. The molecule has 1 saturated heterocycles. The molecule has 3 rings (SSSR count). The van der Waals surface area contributed by atoms with Gasteiger partial charge in [0.15, 0.2) is 6.61 Å². The van der Waals surface area contributed by atoms with Crippen LogP contribution in [0, 0.1) is 13.8 Å². The molecule has 2 aromatic rings. The molecule has 138 valence electrons. The first kappa shape index (κ1) is 18.6. The van der Waals surface area contributed by atoms with E-state index in [0.717, 1.165) is 42.9 Å². The van der Waals surface area contributed by atoms with Crippen LogP contribution in [0.3, 0.4) is 0 Å². The van der Waals surface area contributed by atoms with Gasteiger partial charge in [0, 0.05) is 13.1 Å². The SMILES string of the molecule is Cc1ccc(OCC(=O)Nc2cccc(Cl)c2N2CCCCC2)cc1C. The van der Waals surface area contributed by atoms with Gasteiger partial charge in [-0.1, -0.05) is 23.7 Å². The lowest BCUT2D eigenvalue weighted by Crippen LogP contribution is -2.31. The molecule has 0 aliphatic carbocycles. The maximum atomic E-state index is 12.4. The summed E-state index contributed by atoms with van der Waals surface area (Å²) in [6.45, 7) is 5.97. The molecule has 2 aromatic carbocycles. The fourth-order valence-corrected chi connectivity index (χ4v) is 3.49. The van der Waals surface area contributed by atoms with E-state index in [0.29, 0.717) is 10.8 Å². The summed E-state index contributed by atoms with van der Waals surface area (Å²) in [6.07, 6.45) is 3.54. The lowest BCUT2D eigenvalue weighted by atomic mass is 10.1. The van der Waals surface area contributed by atoms with Gasteiger partial charge in [-0.25, -0.2) is 0 Å². The number of piperidine rings is 1. The number of nitrogens with zero attached hydrogens (tertiary/aromatic N) is 1. The summed E-state index contributed by atoms with van der Waals surface area (Å²) in [5.41, 5.74) is 4.00. The third-order valence-electron chi connectivity index (χ3n) is 4.78. The molecule has 4 nitrogen and oxygen atoms in total. The van der Waals surface area contributed by atoms with Crippen molar-refractivity contribution in [1.29, 1.82) is 0 Å². The van der Waals surface area contributed by atoms with Crippen LogP contribution in [0.25, 0.3) is 0 Å². The number of hydrogen-bond acceptors (Lipinski definition) is 3. The fourth-order valence-electron chi connectivity index (χ4n) is 3.19. The van der Waals surface area contributed by atoms with E-state index in [1.807, 2.05) is 50.2 Å². The van der Waals surface area contributed by atoms with Crippen LogP contribution in [0.1, 0.15) is 30.4 Å². The Kier molecular flexibility index (Phi) is 6.04. The predicted octanol–water partition coefficient (Wildman–Crippen LogP) is 4.96. The van der Waals surface area contributed by atoms with Crippen LogP contribution >= 0.6 is 11.6 Å². The quantitative estimate of drug-likeness (QED) is 0.806. The highest BCUT2D eigenvalue weighted by molar-refractivity contribution is 6.34. The zero-order chi connectivity index (χ0) is 18.5. The number of para-hydroxylation sites is 1. The summed E-state index contributed by atoms with van der Waals surface area (Å²) in [4.78, 5) is 14.6. The van der Waals surface area contributed by atoms with Crippen LogP contribution in [-0.2, 0) is 4.79 Å². The number of carbonyl (C=O) groups excluding carboxylic acids is 1. The second-order valence-electron chi connectivity index (χ2n) is 6.77. The summed E-state index contributed by atoms with van der Waals surface area (Å²) in [5, 5.41) is 3.62. The van der Waals surface area contributed by atoms with Crippen molar-refractivity contribution in [1.82, 2.24) is 0 Å². The number of rotatable bonds is 5. The third-order valence-corrected chi connectivity index (χ3v) is 5.09. The molecule has 26 heavy (non-hydrogen) atoms. The number of halogens is 1. The molecule has 0 aromatic heterocycles. The second-order valence-corrected chi connectivity index (χ2v) is 7.17. The van der Waals surface area contributed by atoms with Crippen molar-refractivity contribution >= 4 is 28.9 Å². The Labute approximate surface area is 160 Å². The lowest BCUT2D eigenvalue weighted by molar-refractivity contribution is -0.118. The molecule has 1 heterocycles. The highest BCUT2D eigenvalue weighted by atomic mass is 35.5. The van der Waals surface area contributed by atoms with Crippen LogP contribution in [0.5, 0.6) is 5.75 Å². The average Bonchev–Trinajstić information content (AvgIpc) is 2.63. The zero-order valence-corrected chi connectivity index (χ0v) is 16.1. The Morgan fingerprint density at radius 3 is 2.62 bits per heavy atom. The van der Waals surface area contributed by atoms with Gasteiger partial charge in [0.2, 0.25) is 0 Å². The van der Waals surface area contributed by atoms with E-state index in [2.05, 4.69) is 10.2 Å². The highest BCUT2D eigenvalue weighted by Crippen LogP contribution is 2.35. The van der Waals surface area contributed by atoms with Gasteiger partial charge >= 0.3 is 0 Å². The van der Waals surface area contributed by atoms with Gasteiger partial charge in [-0.3, -0.25) is 4.79 Å². The van der Waals surface area contributed by atoms with Crippen LogP contribution in [0.4, 0.5) is 11.4 Å². The van der Waals surface area contributed by atoms with Crippen LogP contribution in [0.15, 0.2) is 36.4 Å². The molecule has 1 fully saturated rings. The van der Waals surface area contributed by atoms with Crippen LogP contribution in [0.2, 0.25) is 5.02 Å². The molecule has 1 N–H and O–H groups in total. The van der Waals surface area contributed by atoms with Crippen molar-refractivity contribution in [2.75, 3.05) is 29.9 Å². The summed E-state index contributed by atoms with van der Waals surface area (Å²) in [5.74, 6) is 0.509. The van der Waals surface area contributed by atoms with Crippen molar-refractivity contribution in [3.63, 3.8) is 0 Å². The van der Waals surface area contributed by atoms with Crippen LogP contribution in [-0.4, -0.2) is 25.6 Å². The molecule has 0 atom stereocenters. The predicted molar refractivity (Wildman–Crippen MR) is 108 cm³/mol. The minimum absolute atomic E-state index is 0.0333. The van der Waals surface area contributed by atoms with Gasteiger partial charge in [-0.2, -0.15) is 0 Å². The monoisotopic (exact) mass is 372 g/mol. The van der Waals surface area contributed by atoms with Crippen molar-refractivity contribution in [3.8, 4) is 5.75 Å². The van der Waals surface area contributed by atoms with E-state index >= 15 is 0 Å². The molecule has 0 spiro atoms. The lowest BCUT2D eigenvalue weighted by Gasteiger charge is -2.31. The van der Waals surface area contributed by atoms with Crippen molar-refractivity contribution in [2.45, 2.75) is 33.1 Å². The first-order valence-electron chi connectivity index (χ1n) is 9.08. The normalized spacial score (nSPS) is 14.2. The van der Waals surface area contributed by atoms with E-state index in [-0.39, 0.29) is 12.5 Å². The zero-order valence-electron chi connectivity index (χ0n) is 15.3. The second kappa shape index (κ2) is 8.45. The van der Waals surface area contributed by atoms with E-state index in [4.69, 9.17) is 16.3 Å². The Morgan fingerprint density at radius 1 is 1.12 bits per heavy atom. The number of aryl methyl sites for hydroxylation is 2. The minimum atomic E-state index is -0.191. The standard InChI is InChI=1S/C21H25ClN2O2/c1-15-9-10-17(13-16(15)2)26-14-20(25)23-19-8-6-7-18(22)21(19)24-11-4-3-5-12-24/h6-10,13H,3-5,11-12,14H2,1-2H3,(H,23,25). The molecule has 0 saturated carbocycles. The number of benzene rings is 2. The number of anilines is 2. The Morgan fingerprint density at radius 2 is 1.88 bits per heavy atom. The van der Waals surface area contributed by atoms with Gasteiger partial charge in [-0.05, 0) is 68.5 Å². The van der Waals surface area contributed by atoms with Gasteiger partial charge in [0.05, 0.1) is 16.4 Å². The van der Waals surface area contributed by atoms with E-state index < -0.39 is 0 Å². The summed E-state index contributed by atoms with van der Waals surface area (Å²) in [7, 11) is 0. The molecule has 1 aliphatic heterocycles. The molecule has 5 heteroatoms. The van der Waals surface area contributed by atoms with Crippen LogP contribution < -0.4 is 15.0 Å². The number of nitrogens with one attached hydrogen (secondary N) is 1. The first-order valence-corrected chi connectivity index (χ1v) is 9.46. The first-order chi connectivity index (χ1) is 12.5. The molecule has 1 aliphatic rings. The fraction of sp³-hybridized carbons (Fsp3) is 0.381. The average molecular weight is 373 g/mol. The van der Waals surface area contributed by atoms with Crippen molar-refractivity contribution < 1.29 is 9.53 Å². The molecule has 0 radical (unpaired) electrons. The Bertz CT molecular complexity index is 786. The summed E-state index contributed by atoms with van der Waals surface area (Å²) < 4.78 is 5.63. The largest absolute Gasteiger partial charge is 0.484 e. The molecule has 1 amide bonds. The van der Waals surface area contributed by atoms with Gasteiger partial charge < -0.3 is 15.0 Å². The number of amides is 1. The molecular formula is C21H25ClN2O2. The number of ether oxygens (including phenoxy) is 1. The topological polar surface area (TPSA) is 41.6 Å². The van der Waals surface area contributed by atoms with E-state index in [1.54, 1.807) is 0 Å². The summed E-state index contributed by atoms with van der Waals surface area (Å²) in [6, 6.07) is 11.4. The third kappa shape index (κ3) is 4.50. The maximum Gasteiger partial charge on any atom is 0.262 e. The van der Waals surface area contributed by atoms with Gasteiger partial charge in [-0.15, -0.1) is 0 Å². The van der Waals surface area contributed by atoms with E-state index in [9.17, 15) is 4.79 Å². The van der Waals surface area contributed by atoms with Crippen molar-refractivity contribution in [2.24, 2.45) is 0 Å². The summed E-state index contributed by atoms with van der Waals surface area (Å²) >= 11 is 6.43. The van der Waals surface area contributed by atoms with Gasteiger partial charge in [0.1, 0.15) is 5.75 Å². The molecule has 0 bridgehead atoms. The van der Waals surface area contributed by atoms with Gasteiger partial charge in [0.25, 0.3) is 5.91 Å². The van der Waals surface area contributed by atoms with E-state index in [1.165, 1.54) is 12.0 Å². The van der Waals surface area contributed by atoms with Crippen molar-refractivity contribution in [3.05, 3.63) is 52.5 Å². The number of carbonyl (C=O) groups is 1. The maximum absolute atomic E-state index is 12.4. The highest BCUT2D eigenvalue weighted by Gasteiger charge is 2.18. The molecular weight excluding hydrogens is 348 g/mol. The smallest absolute Gasteiger partial charge is 0.262 e.